The van der Waals surface area contributed by atoms with Gasteiger partial charge in [-0.1, -0.05) is 119 Å². The van der Waals surface area contributed by atoms with E-state index < -0.39 is 0 Å². The Hall–Kier alpha value is -5.60. The van der Waals surface area contributed by atoms with Crippen LogP contribution in [-0.2, 0) is 0 Å². The second kappa shape index (κ2) is 12.5. The molecule has 1 aromatic heterocycles. The van der Waals surface area contributed by atoms with Gasteiger partial charge in [-0.2, -0.15) is 5.26 Å². The van der Waals surface area contributed by atoms with Gasteiger partial charge in [-0.25, -0.2) is 0 Å². The lowest BCUT2D eigenvalue weighted by atomic mass is 9.97. The Morgan fingerprint density at radius 1 is 0.562 bits per heavy atom. The van der Waals surface area contributed by atoms with Crippen molar-refractivity contribution in [2.75, 3.05) is 4.90 Å². The fourth-order valence-electron chi connectivity index (χ4n) is 6.64. The van der Waals surface area contributed by atoms with Crippen LogP contribution in [0, 0.1) is 11.3 Å². The maximum absolute atomic E-state index is 10.3. The molecule has 8 rings (SSSR count). The van der Waals surface area contributed by atoms with Crippen molar-refractivity contribution in [3.63, 3.8) is 0 Å². The van der Waals surface area contributed by atoms with Gasteiger partial charge < -0.3 is 9.47 Å². The highest BCUT2D eigenvalue weighted by Crippen LogP contribution is 2.44. The van der Waals surface area contributed by atoms with Gasteiger partial charge in [0, 0.05) is 48.5 Å². The Kier molecular flexibility index (Phi) is 7.78. The summed E-state index contributed by atoms with van der Waals surface area (Å²) in [5.74, 6) is 0. The molecule has 0 amide bonds. The minimum Gasteiger partial charge on any atom is -0.310 e. The molecule has 0 aliphatic carbocycles. The van der Waals surface area contributed by atoms with Crippen LogP contribution in [0.1, 0.15) is 5.56 Å². The van der Waals surface area contributed by atoms with E-state index in [0.717, 1.165) is 60.5 Å². The van der Waals surface area contributed by atoms with Crippen LogP contribution in [0.3, 0.4) is 0 Å². The molecular weight excluding hydrogens is 674 g/mol. The average molecular weight is 701 g/mol. The van der Waals surface area contributed by atoms with Gasteiger partial charge in [-0.05, 0) is 83.9 Å². The third-order valence-electron chi connectivity index (χ3n) is 8.71. The fourth-order valence-corrected chi connectivity index (χ4v) is 7.31. The lowest BCUT2D eigenvalue weighted by Crippen LogP contribution is -2.11. The normalized spacial score (nSPS) is 11.1. The zero-order valence-electron chi connectivity index (χ0n) is 25.7. The van der Waals surface area contributed by atoms with Crippen molar-refractivity contribution in [1.82, 2.24) is 4.57 Å². The van der Waals surface area contributed by atoms with E-state index in [2.05, 4.69) is 159 Å². The highest BCUT2D eigenvalue weighted by Gasteiger charge is 2.20. The number of hydrogen-bond acceptors (Lipinski definition) is 2. The van der Waals surface area contributed by atoms with Gasteiger partial charge in [0.15, 0.2) is 0 Å². The molecule has 8 aromatic rings. The van der Waals surface area contributed by atoms with E-state index in [1.54, 1.807) is 0 Å². The van der Waals surface area contributed by atoms with Gasteiger partial charge in [0.25, 0.3) is 0 Å². The predicted molar refractivity (Wildman–Crippen MR) is 204 cm³/mol. The van der Waals surface area contributed by atoms with E-state index >= 15 is 0 Å². The number of halogens is 2. The lowest BCUT2D eigenvalue weighted by Gasteiger charge is -2.29. The molecule has 0 spiro atoms. The average Bonchev–Trinajstić information content (AvgIpc) is 3.46. The van der Waals surface area contributed by atoms with Crippen LogP contribution in [0.4, 0.5) is 17.1 Å². The van der Waals surface area contributed by atoms with Crippen LogP contribution in [0.2, 0.25) is 5.02 Å². The molecule has 0 saturated heterocycles. The maximum Gasteiger partial charge on any atom is 0.0998 e. The summed E-state index contributed by atoms with van der Waals surface area (Å²) in [5.41, 5.74) is 10.7. The van der Waals surface area contributed by atoms with E-state index in [1.165, 1.54) is 10.8 Å². The number of anilines is 3. The van der Waals surface area contributed by atoms with Crippen LogP contribution in [0.25, 0.3) is 49.7 Å². The van der Waals surface area contributed by atoms with Crippen molar-refractivity contribution in [1.29, 1.82) is 5.26 Å². The zero-order valence-corrected chi connectivity index (χ0v) is 28.0. The molecular formula is C43H27BrClN3. The first kappa shape index (κ1) is 29.8. The summed E-state index contributed by atoms with van der Waals surface area (Å²) < 4.78 is 3.17. The number of hydrogen-bond donors (Lipinski definition) is 0. The summed E-state index contributed by atoms with van der Waals surface area (Å²) in [6.07, 6.45) is 0. The number of rotatable bonds is 6. The van der Waals surface area contributed by atoms with Crippen molar-refractivity contribution >= 4 is 66.4 Å². The smallest absolute Gasteiger partial charge is 0.0998 e. The van der Waals surface area contributed by atoms with Gasteiger partial charge in [0.1, 0.15) is 0 Å². The van der Waals surface area contributed by atoms with Gasteiger partial charge in [0.2, 0.25) is 0 Å². The van der Waals surface area contributed by atoms with Crippen LogP contribution >= 0.6 is 27.5 Å². The highest BCUT2D eigenvalue weighted by atomic mass is 79.9. The monoisotopic (exact) mass is 699 g/mol. The van der Waals surface area contributed by atoms with E-state index in [9.17, 15) is 5.26 Å². The van der Waals surface area contributed by atoms with Crippen molar-refractivity contribution in [2.24, 2.45) is 0 Å². The minimum absolute atomic E-state index is 0.600. The number of fused-ring (bicyclic) bond motifs is 3. The second-order valence-corrected chi connectivity index (χ2v) is 13.0. The molecule has 0 atom stereocenters. The topological polar surface area (TPSA) is 32.0 Å². The Balaban J connectivity index is 1.34. The molecule has 3 nitrogen and oxygen atoms in total. The Morgan fingerprint density at radius 2 is 1.25 bits per heavy atom. The van der Waals surface area contributed by atoms with E-state index in [0.29, 0.717) is 10.6 Å². The zero-order chi connectivity index (χ0) is 32.6. The molecule has 228 valence electrons. The maximum atomic E-state index is 10.3. The molecule has 0 fully saturated rings. The molecule has 0 unspecified atom stereocenters. The predicted octanol–water partition coefficient (Wildman–Crippen LogP) is 12.9. The third kappa shape index (κ3) is 5.34. The van der Waals surface area contributed by atoms with Crippen molar-refractivity contribution < 1.29 is 0 Å². The highest BCUT2D eigenvalue weighted by molar-refractivity contribution is 9.10. The van der Waals surface area contributed by atoms with E-state index in [1.807, 2.05) is 36.4 Å². The molecule has 0 aliphatic heterocycles. The molecule has 0 bridgehead atoms. The minimum atomic E-state index is 0.600. The molecule has 0 saturated carbocycles. The number of nitrogens with zero attached hydrogens (tertiary/aromatic N) is 3. The first-order valence-corrected chi connectivity index (χ1v) is 16.8. The molecule has 1 heterocycles. The van der Waals surface area contributed by atoms with E-state index in [-0.39, 0.29) is 0 Å². The Morgan fingerprint density at radius 3 is 1.98 bits per heavy atom. The van der Waals surface area contributed by atoms with Gasteiger partial charge in [-0.15, -0.1) is 0 Å². The third-order valence-corrected chi connectivity index (χ3v) is 9.40. The Bertz CT molecular complexity index is 2460. The lowest BCUT2D eigenvalue weighted by molar-refractivity contribution is 1.18. The fraction of sp³-hybridized carbons (Fsp3) is 0. The summed E-state index contributed by atoms with van der Waals surface area (Å²) in [4.78, 5) is 2.23. The molecule has 0 aliphatic rings. The molecule has 48 heavy (non-hydrogen) atoms. The van der Waals surface area contributed by atoms with Crippen molar-refractivity contribution in [3.05, 3.63) is 179 Å². The Labute approximate surface area is 292 Å². The van der Waals surface area contributed by atoms with E-state index in [4.69, 9.17) is 11.6 Å². The number of benzene rings is 7. The largest absolute Gasteiger partial charge is 0.310 e. The standard InChI is InChI=1S/C43H27BrClN3/c44-32-23-31(40-27-35(22-21-30(40)28-46)48-42-19-8-5-16-38(42)39-17-6-9-20-43(39)48)24-36(25-32)47(34-14-10-13-33(45)26-34)41-18-7-4-15-37(41)29-11-2-1-3-12-29/h1-27H. The molecule has 0 N–H and O–H groups in total. The first-order valence-electron chi connectivity index (χ1n) is 15.6. The van der Waals surface area contributed by atoms with Gasteiger partial charge >= 0.3 is 0 Å². The SMILES string of the molecule is N#Cc1ccc(-n2c3ccccc3c3ccccc32)cc1-c1cc(Br)cc(N(c2cccc(Cl)c2)c2ccccc2-c2ccccc2)c1. The van der Waals surface area contributed by atoms with Crippen molar-refractivity contribution in [2.45, 2.75) is 0 Å². The quantitative estimate of drug-likeness (QED) is 0.173. The van der Waals surface area contributed by atoms with Crippen molar-refractivity contribution in [3.8, 4) is 34.0 Å². The number of aromatic nitrogens is 1. The summed E-state index contributed by atoms with van der Waals surface area (Å²) in [6, 6.07) is 58.5. The molecule has 0 radical (unpaired) electrons. The van der Waals surface area contributed by atoms with Crippen LogP contribution in [-0.4, -0.2) is 4.57 Å². The van der Waals surface area contributed by atoms with Gasteiger partial charge in [0.05, 0.1) is 28.4 Å². The number of nitriles is 1. The van der Waals surface area contributed by atoms with Gasteiger partial charge in [-0.3, -0.25) is 0 Å². The van der Waals surface area contributed by atoms with Crippen LogP contribution < -0.4 is 4.90 Å². The summed E-state index contributed by atoms with van der Waals surface area (Å²) in [7, 11) is 0. The van der Waals surface area contributed by atoms with Crippen LogP contribution in [0.15, 0.2) is 168 Å². The number of para-hydroxylation sites is 3. The first-order chi connectivity index (χ1) is 23.6. The molecule has 7 aromatic carbocycles. The summed E-state index contributed by atoms with van der Waals surface area (Å²) in [5, 5.41) is 13.4. The summed E-state index contributed by atoms with van der Waals surface area (Å²) in [6.45, 7) is 0. The van der Waals surface area contributed by atoms with Crippen LogP contribution in [0.5, 0.6) is 0 Å². The summed E-state index contributed by atoms with van der Waals surface area (Å²) >= 11 is 10.4. The molecule has 5 heteroatoms. The second-order valence-electron chi connectivity index (χ2n) is 11.6.